The van der Waals surface area contributed by atoms with Crippen LogP contribution < -0.4 is 16.0 Å². The van der Waals surface area contributed by atoms with Crippen molar-refractivity contribution >= 4 is 56.1 Å². The number of carbonyl (C=O) groups is 1. The molecule has 2 aromatic heterocycles. The van der Waals surface area contributed by atoms with Crippen LogP contribution >= 0.6 is 23.2 Å². The quantitative estimate of drug-likeness (QED) is 0.124. The van der Waals surface area contributed by atoms with Crippen molar-refractivity contribution in [1.29, 1.82) is 0 Å². The molecule has 0 radical (unpaired) electrons. The van der Waals surface area contributed by atoms with E-state index in [1.807, 2.05) is 0 Å². The van der Waals surface area contributed by atoms with Gasteiger partial charge in [0.05, 0.1) is 43.9 Å². The molecule has 0 atom stereocenters. The third-order valence-electron chi connectivity index (χ3n) is 7.28. The fourth-order valence-corrected chi connectivity index (χ4v) is 5.88. The van der Waals surface area contributed by atoms with E-state index in [9.17, 15) is 22.2 Å². The Morgan fingerprint density at radius 1 is 1.09 bits per heavy atom. The molecule has 4 N–H and O–H groups in total. The Kier molecular flexibility index (Phi) is 11.6. The Bertz CT molecular complexity index is 1800. The Balaban J connectivity index is 0.000000222. The number of benzene rings is 2. The fourth-order valence-electron chi connectivity index (χ4n) is 4.93. The van der Waals surface area contributed by atoms with Gasteiger partial charge in [-0.2, -0.15) is 8.42 Å². The Morgan fingerprint density at radius 3 is 2.36 bits per heavy atom. The van der Waals surface area contributed by atoms with Crippen LogP contribution in [0.4, 0.5) is 9.57 Å². The van der Waals surface area contributed by atoms with E-state index >= 15 is 0 Å². The number of fused-ring (bicyclic) bond motifs is 1. The van der Waals surface area contributed by atoms with Gasteiger partial charge in [0.15, 0.2) is 5.75 Å². The summed E-state index contributed by atoms with van der Waals surface area (Å²) < 4.78 is 34.0. The van der Waals surface area contributed by atoms with Crippen molar-refractivity contribution in [2.75, 3.05) is 18.9 Å². The number of pyridine rings is 2. The van der Waals surface area contributed by atoms with E-state index in [1.165, 1.54) is 50.4 Å². The zero-order valence-corrected chi connectivity index (χ0v) is 26.7. The van der Waals surface area contributed by atoms with Gasteiger partial charge in [0.25, 0.3) is 5.91 Å². The number of amides is 1. The lowest BCUT2D eigenvalue weighted by atomic mass is 9.95. The number of hydrogen-bond donors (Lipinski definition) is 4. The second-order valence-electron chi connectivity index (χ2n) is 10.3. The van der Waals surface area contributed by atoms with Crippen LogP contribution in [-0.4, -0.2) is 49.0 Å². The number of hydrogen-bond acceptors (Lipinski definition) is 8. The minimum atomic E-state index is -4.58. The van der Waals surface area contributed by atoms with Crippen molar-refractivity contribution in [3.05, 3.63) is 75.9 Å². The smallest absolute Gasteiger partial charge is 0.332 e. The molecule has 1 fully saturated rings. The Morgan fingerprint density at radius 2 is 1.76 bits per heavy atom. The summed E-state index contributed by atoms with van der Waals surface area (Å²) in [4.78, 5) is 21.0. The van der Waals surface area contributed by atoms with E-state index in [0.717, 1.165) is 5.56 Å². The largest absolute Gasteiger partial charge is 0.505 e. The highest BCUT2D eigenvalue weighted by molar-refractivity contribution is 7.86. The van der Waals surface area contributed by atoms with Gasteiger partial charge in [-0.15, -0.1) is 10.3 Å². The molecule has 0 spiro atoms. The topological polar surface area (TPSA) is 133 Å². The number of halogens is 3. The van der Waals surface area contributed by atoms with Gasteiger partial charge in [-0.25, -0.2) is 4.98 Å². The van der Waals surface area contributed by atoms with Crippen LogP contribution in [0.1, 0.15) is 48.0 Å². The molecule has 2 aromatic carbocycles. The number of nitrogens with one attached hydrogen (secondary N) is 3. The molecular formula is C32H32Cl2FN5O4S. The normalized spacial score (nSPS) is 13.4. The van der Waals surface area contributed by atoms with Gasteiger partial charge in [-0.05, 0) is 54.8 Å². The molecule has 9 nitrogen and oxygen atoms in total. The first-order valence-corrected chi connectivity index (χ1v) is 16.3. The van der Waals surface area contributed by atoms with Gasteiger partial charge < -0.3 is 21.1 Å². The number of phenolic OH excluding ortho intramolecular Hbond substituents is 1. The van der Waals surface area contributed by atoms with E-state index in [-0.39, 0.29) is 33.1 Å². The third kappa shape index (κ3) is 8.83. The van der Waals surface area contributed by atoms with Gasteiger partial charge >= 0.3 is 10.2 Å². The predicted octanol–water partition coefficient (Wildman–Crippen LogP) is 6.48. The molecule has 4 aromatic rings. The number of aromatic hydroxyl groups is 1. The summed E-state index contributed by atoms with van der Waals surface area (Å²) >= 11 is 12.0. The highest BCUT2D eigenvalue weighted by atomic mass is 35.5. The van der Waals surface area contributed by atoms with Gasteiger partial charge in [-0.1, -0.05) is 60.5 Å². The van der Waals surface area contributed by atoms with E-state index < -0.39 is 10.2 Å². The fraction of sp³-hybridized carbons (Fsp3) is 0.281. The van der Waals surface area contributed by atoms with Crippen molar-refractivity contribution in [3.63, 3.8) is 0 Å². The van der Waals surface area contributed by atoms with Crippen LogP contribution in [0.25, 0.3) is 22.3 Å². The number of terminal acetylenes is 1. The summed E-state index contributed by atoms with van der Waals surface area (Å²) in [6.07, 6.45) is 12.9. The summed E-state index contributed by atoms with van der Waals surface area (Å²) in [7, 11) is -2.89. The molecule has 1 amide bonds. The molecular weight excluding hydrogens is 640 g/mol. The average molecular weight is 673 g/mol. The van der Waals surface area contributed by atoms with Crippen molar-refractivity contribution in [2.24, 2.45) is 0 Å². The average Bonchev–Trinajstić information content (AvgIpc) is 3.04. The minimum absolute atomic E-state index is 0.109. The number of aromatic nitrogens is 2. The molecule has 5 rings (SSSR count). The van der Waals surface area contributed by atoms with Gasteiger partial charge in [0, 0.05) is 31.4 Å². The SMILES string of the molecule is C#CCNC(=O)c1cnc2ccc(-c3cc(Cl)c(O)c(Cl)c3)nc2c1NC.O=S(=O)(F)c1ccc(CNC2CCCCC2)cc1. The number of anilines is 1. The summed E-state index contributed by atoms with van der Waals surface area (Å²) in [6.45, 7) is 0.815. The first-order valence-electron chi connectivity index (χ1n) is 14.2. The van der Waals surface area contributed by atoms with E-state index in [4.69, 9.17) is 29.6 Å². The highest BCUT2D eigenvalue weighted by Crippen LogP contribution is 2.36. The molecule has 236 valence electrons. The minimum Gasteiger partial charge on any atom is -0.505 e. The number of nitrogens with zero attached hydrogens (tertiary/aromatic N) is 2. The summed E-state index contributed by atoms with van der Waals surface area (Å²) in [5.41, 5.74) is 4.11. The van der Waals surface area contributed by atoms with Gasteiger partial charge in [0.2, 0.25) is 0 Å². The lowest BCUT2D eigenvalue weighted by Gasteiger charge is -2.22. The Labute approximate surface area is 271 Å². The molecule has 45 heavy (non-hydrogen) atoms. The van der Waals surface area contributed by atoms with Crippen LogP contribution in [-0.2, 0) is 16.8 Å². The summed E-state index contributed by atoms with van der Waals surface area (Å²) in [5, 5.41) is 19.0. The maximum Gasteiger partial charge on any atom is 0.332 e. The molecule has 1 aliphatic carbocycles. The monoisotopic (exact) mass is 671 g/mol. The zero-order valence-electron chi connectivity index (χ0n) is 24.4. The lowest BCUT2D eigenvalue weighted by Crippen LogP contribution is -2.30. The number of phenols is 1. The summed E-state index contributed by atoms with van der Waals surface area (Å²) in [5.74, 6) is 1.82. The van der Waals surface area contributed by atoms with Crippen molar-refractivity contribution < 1.29 is 22.2 Å². The van der Waals surface area contributed by atoms with E-state index in [2.05, 4.69) is 31.8 Å². The van der Waals surface area contributed by atoms with Crippen LogP contribution in [0, 0.1) is 12.3 Å². The maximum absolute atomic E-state index is 12.7. The highest BCUT2D eigenvalue weighted by Gasteiger charge is 2.17. The van der Waals surface area contributed by atoms with E-state index in [1.54, 1.807) is 43.4 Å². The maximum atomic E-state index is 12.7. The van der Waals surface area contributed by atoms with Crippen molar-refractivity contribution in [2.45, 2.75) is 49.6 Å². The summed E-state index contributed by atoms with van der Waals surface area (Å²) in [6, 6.07) is 13.1. The molecule has 0 unspecified atom stereocenters. The van der Waals surface area contributed by atoms with Gasteiger partial charge in [0.1, 0.15) is 5.52 Å². The Hall–Kier alpha value is -3.95. The van der Waals surface area contributed by atoms with Crippen molar-refractivity contribution in [1.82, 2.24) is 20.6 Å². The molecule has 2 heterocycles. The molecule has 1 saturated carbocycles. The van der Waals surface area contributed by atoms with Crippen LogP contribution in [0.3, 0.4) is 0 Å². The van der Waals surface area contributed by atoms with Crippen LogP contribution in [0.15, 0.2) is 59.6 Å². The molecule has 0 aliphatic heterocycles. The first-order chi connectivity index (χ1) is 21.5. The third-order valence-corrected chi connectivity index (χ3v) is 8.69. The van der Waals surface area contributed by atoms with Crippen molar-refractivity contribution in [3.8, 4) is 29.4 Å². The molecule has 1 aliphatic rings. The predicted molar refractivity (Wildman–Crippen MR) is 176 cm³/mol. The van der Waals surface area contributed by atoms with Crippen LogP contribution in [0.5, 0.6) is 5.75 Å². The zero-order chi connectivity index (χ0) is 32.6. The number of rotatable bonds is 8. The standard InChI is InChI=1S/C19H14Cl2N4O2.C13H18FNO2S/c1-3-6-23-19(27)11-9-24-15-5-4-14(25-17(15)16(11)22-2)10-7-12(20)18(26)13(21)8-10;14-18(16,17)13-8-6-11(7-9-13)10-15-12-4-2-1-3-5-12/h1,4-5,7-9,26H,6H2,2H3,(H,22,24)(H,23,27);6-9,12,15H,1-5,10H2. The van der Waals surface area contributed by atoms with E-state index in [0.29, 0.717) is 46.1 Å². The molecule has 0 bridgehead atoms. The molecule has 13 heteroatoms. The van der Waals surface area contributed by atoms with Crippen LogP contribution in [0.2, 0.25) is 10.0 Å². The number of carbonyl (C=O) groups excluding carboxylic acids is 1. The lowest BCUT2D eigenvalue weighted by molar-refractivity contribution is 0.0959. The molecule has 0 saturated heterocycles. The second kappa shape index (κ2) is 15.4. The van der Waals surface area contributed by atoms with Gasteiger partial charge in [-0.3, -0.25) is 9.78 Å². The second-order valence-corrected chi connectivity index (χ2v) is 12.5. The first kappa shape index (κ1) is 33.9.